The molecule has 2 heterocycles. The number of carbonyl (C=O) groups excluding carboxylic acids is 2. The third-order valence-corrected chi connectivity index (χ3v) is 5.22. The summed E-state index contributed by atoms with van der Waals surface area (Å²) >= 11 is 0. The van der Waals surface area contributed by atoms with Crippen LogP contribution in [0.2, 0.25) is 0 Å². The number of hydrogen-bond acceptors (Lipinski definition) is 5. The highest BCUT2D eigenvalue weighted by Gasteiger charge is 2.46. The third kappa shape index (κ3) is 4.09. The standard InChI is InChI=1S/C25H21FN2O4/c1-2-32-20-12-8-17(9-13-20)23(29)21-22(16-6-10-18(26)11-7-16)28(25(31)24(21)30)15-19-5-3-4-14-27-19/h3-14,22,29H,2,15H2,1H3/b23-21+. The Balaban J connectivity index is 1.81. The first kappa shape index (κ1) is 21.2. The van der Waals surface area contributed by atoms with Gasteiger partial charge in [-0.05, 0) is 61.0 Å². The molecule has 0 radical (unpaired) electrons. The van der Waals surface area contributed by atoms with Crippen molar-refractivity contribution in [2.45, 2.75) is 19.5 Å². The van der Waals surface area contributed by atoms with E-state index in [9.17, 15) is 19.1 Å². The number of ketones is 1. The van der Waals surface area contributed by atoms with E-state index in [0.717, 1.165) is 0 Å². The zero-order chi connectivity index (χ0) is 22.7. The fourth-order valence-electron chi connectivity index (χ4n) is 3.73. The van der Waals surface area contributed by atoms with Crippen molar-refractivity contribution >= 4 is 17.4 Å². The van der Waals surface area contributed by atoms with E-state index >= 15 is 0 Å². The van der Waals surface area contributed by atoms with E-state index in [1.807, 2.05) is 6.92 Å². The molecule has 1 aromatic heterocycles. The topological polar surface area (TPSA) is 79.7 Å². The van der Waals surface area contributed by atoms with Crippen LogP contribution in [0, 0.1) is 5.82 Å². The van der Waals surface area contributed by atoms with Crippen molar-refractivity contribution in [3.8, 4) is 5.75 Å². The van der Waals surface area contributed by atoms with Crippen LogP contribution < -0.4 is 4.74 Å². The zero-order valence-electron chi connectivity index (χ0n) is 17.4. The summed E-state index contributed by atoms with van der Waals surface area (Å²) in [6.45, 7) is 2.42. The number of aliphatic hydroxyl groups is 1. The van der Waals surface area contributed by atoms with Gasteiger partial charge in [0, 0.05) is 11.8 Å². The van der Waals surface area contributed by atoms with Crippen molar-refractivity contribution in [3.63, 3.8) is 0 Å². The predicted molar refractivity (Wildman–Crippen MR) is 116 cm³/mol. The Labute approximate surface area is 184 Å². The van der Waals surface area contributed by atoms with Crippen LogP contribution >= 0.6 is 0 Å². The number of rotatable bonds is 6. The van der Waals surface area contributed by atoms with Crippen LogP contribution in [0.4, 0.5) is 4.39 Å². The van der Waals surface area contributed by atoms with E-state index in [2.05, 4.69) is 4.98 Å². The number of likely N-dealkylation sites (tertiary alicyclic amines) is 1. The molecule has 162 valence electrons. The number of ether oxygens (including phenoxy) is 1. The molecule has 7 heteroatoms. The van der Waals surface area contributed by atoms with Gasteiger partial charge in [-0.25, -0.2) is 4.39 Å². The van der Waals surface area contributed by atoms with Crippen LogP contribution in [0.25, 0.3) is 5.76 Å². The molecule has 0 bridgehead atoms. The summed E-state index contributed by atoms with van der Waals surface area (Å²) in [7, 11) is 0. The molecule has 1 aliphatic heterocycles. The molecule has 6 nitrogen and oxygen atoms in total. The molecule has 1 amide bonds. The van der Waals surface area contributed by atoms with Crippen LogP contribution in [0.3, 0.4) is 0 Å². The Hall–Kier alpha value is -4.00. The van der Waals surface area contributed by atoms with Crippen molar-refractivity contribution in [1.29, 1.82) is 0 Å². The molecule has 3 aromatic rings. The SMILES string of the molecule is CCOc1ccc(/C(O)=C2\C(=O)C(=O)N(Cc3ccccn3)C2c2ccc(F)cc2)cc1. The van der Waals surface area contributed by atoms with Crippen molar-refractivity contribution in [2.75, 3.05) is 6.61 Å². The van der Waals surface area contributed by atoms with Crippen molar-refractivity contribution in [3.05, 3.63) is 101 Å². The number of Topliss-reactive ketones (excluding diaryl/α,β-unsaturated/α-hetero) is 1. The van der Waals surface area contributed by atoms with Crippen LogP contribution in [-0.4, -0.2) is 33.3 Å². The Morgan fingerprint density at radius 3 is 2.41 bits per heavy atom. The average Bonchev–Trinajstić information content (AvgIpc) is 3.05. The molecule has 1 aliphatic rings. The number of amides is 1. The summed E-state index contributed by atoms with van der Waals surface area (Å²) in [5, 5.41) is 11.0. The monoisotopic (exact) mass is 432 g/mol. The largest absolute Gasteiger partial charge is 0.507 e. The number of hydrogen-bond donors (Lipinski definition) is 1. The first-order chi connectivity index (χ1) is 15.5. The first-order valence-electron chi connectivity index (χ1n) is 10.2. The lowest BCUT2D eigenvalue weighted by Crippen LogP contribution is -2.29. The summed E-state index contributed by atoms with van der Waals surface area (Å²) in [5.74, 6) is -1.68. The van der Waals surface area contributed by atoms with Gasteiger partial charge in [-0.15, -0.1) is 0 Å². The quantitative estimate of drug-likeness (QED) is 0.358. The average molecular weight is 432 g/mol. The molecule has 2 aromatic carbocycles. The molecule has 1 atom stereocenters. The second-order valence-corrected chi connectivity index (χ2v) is 7.26. The van der Waals surface area contributed by atoms with Gasteiger partial charge in [-0.3, -0.25) is 14.6 Å². The Morgan fingerprint density at radius 1 is 1.06 bits per heavy atom. The predicted octanol–water partition coefficient (Wildman–Crippen LogP) is 4.24. The summed E-state index contributed by atoms with van der Waals surface area (Å²) in [4.78, 5) is 31.6. The second kappa shape index (κ2) is 9.01. The number of pyridine rings is 1. The minimum atomic E-state index is -0.885. The highest BCUT2D eigenvalue weighted by molar-refractivity contribution is 6.46. The second-order valence-electron chi connectivity index (χ2n) is 7.26. The van der Waals surface area contributed by atoms with E-state index in [1.54, 1.807) is 48.7 Å². The van der Waals surface area contributed by atoms with E-state index in [-0.39, 0.29) is 17.9 Å². The molecule has 1 unspecified atom stereocenters. The maximum atomic E-state index is 13.6. The molecular weight excluding hydrogens is 411 g/mol. The molecule has 32 heavy (non-hydrogen) atoms. The summed E-state index contributed by atoms with van der Waals surface area (Å²) in [6, 6.07) is 16.5. The lowest BCUT2D eigenvalue weighted by atomic mass is 9.95. The lowest BCUT2D eigenvalue weighted by Gasteiger charge is -2.25. The molecule has 0 aliphatic carbocycles. The van der Waals surface area contributed by atoms with E-state index < -0.39 is 23.5 Å². The minimum Gasteiger partial charge on any atom is -0.507 e. The Kier molecular flexibility index (Phi) is 5.98. The van der Waals surface area contributed by atoms with E-state index in [4.69, 9.17) is 4.74 Å². The van der Waals surface area contributed by atoms with Crippen LogP contribution in [0.5, 0.6) is 5.75 Å². The smallest absolute Gasteiger partial charge is 0.296 e. The fourth-order valence-corrected chi connectivity index (χ4v) is 3.73. The first-order valence-corrected chi connectivity index (χ1v) is 10.2. The van der Waals surface area contributed by atoms with Gasteiger partial charge in [0.1, 0.15) is 17.3 Å². The fraction of sp³-hybridized carbons (Fsp3) is 0.160. The van der Waals surface area contributed by atoms with Crippen molar-refractivity contribution in [2.24, 2.45) is 0 Å². The lowest BCUT2D eigenvalue weighted by molar-refractivity contribution is -0.140. The molecule has 0 spiro atoms. The highest BCUT2D eigenvalue weighted by atomic mass is 19.1. The summed E-state index contributed by atoms with van der Waals surface area (Å²) < 4.78 is 19.0. The maximum Gasteiger partial charge on any atom is 0.296 e. The third-order valence-electron chi connectivity index (χ3n) is 5.22. The normalized spacial score (nSPS) is 17.6. The van der Waals surface area contributed by atoms with Gasteiger partial charge >= 0.3 is 0 Å². The molecular formula is C25H21FN2O4. The Bertz CT molecular complexity index is 1160. The Morgan fingerprint density at radius 2 is 1.78 bits per heavy atom. The van der Waals surface area contributed by atoms with E-state index in [0.29, 0.717) is 29.2 Å². The van der Waals surface area contributed by atoms with Crippen LogP contribution in [-0.2, 0) is 16.1 Å². The van der Waals surface area contributed by atoms with Gasteiger partial charge < -0.3 is 14.7 Å². The minimum absolute atomic E-state index is 0.0540. The zero-order valence-corrected chi connectivity index (χ0v) is 17.4. The van der Waals surface area contributed by atoms with Gasteiger partial charge in [0.2, 0.25) is 0 Å². The van der Waals surface area contributed by atoms with Crippen molar-refractivity contribution in [1.82, 2.24) is 9.88 Å². The molecule has 1 N–H and O–H groups in total. The number of nitrogens with zero attached hydrogens (tertiary/aromatic N) is 2. The van der Waals surface area contributed by atoms with E-state index in [1.165, 1.54) is 29.2 Å². The van der Waals surface area contributed by atoms with Gasteiger partial charge in [-0.1, -0.05) is 18.2 Å². The van der Waals surface area contributed by atoms with Crippen LogP contribution in [0.1, 0.15) is 29.8 Å². The highest BCUT2D eigenvalue weighted by Crippen LogP contribution is 2.40. The summed E-state index contributed by atoms with van der Waals surface area (Å²) in [5.41, 5.74) is 1.41. The number of carbonyl (C=O) groups is 2. The molecule has 1 saturated heterocycles. The number of benzene rings is 2. The van der Waals surface area contributed by atoms with Gasteiger partial charge in [-0.2, -0.15) is 0 Å². The van der Waals surface area contributed by atoms with Crippen molar-refractivity contribution < 1.29 is 23.8 Å². The van der Waals surface area contributed by atoms with Gasteiger partial charge in [0.25, 0.3) is 11.7 Å². The van der Waals surface area contributed by atoms with Gasteiger partial charge in [0.15, 0.2) is 0 Å². The number of aromatic nitrogens is 1. The number of halogens is 1. The summed E-state index contributed by atoms with van der Waals surface area (Å²) in [6.07, 6.45) is 1.60. The maximum absolute atomic E-state index is 13.6. The molecule has 4 rings (SSSR count). The molecule has 0 saturated carbocycles. The van der Waals surface area contributed by atoms with Gasteiger partial charge in [0.05, 0.1) is 30.5 Å². The number of aliphatic hydroxyl groups excluding tert-OH is 1. The molecule has 1 fully saturated rings. The van der Waals surface area contributed by atoms with Crippen LogP contribution in [0.15, 0.2) is 78.5 Å².